The lowest BCUT2D eigenvalue weighted by atomic mass is 9.95. The van der Waals surface area contributed by atoms with E-state index in [-0.39, 0.29) is 17.7 Å². The van der Waals surface area contributed by atoms with Gasteiger partial charge in [-0.1, -0.05) is 22.9 Å². The number of nitrogens with zero attached hydrogens (tertiary/aromatic N) is 1. The summed E-state index contributed by atoms with van der Waals surface area (Å²) in [6, 6.07) is 4.18. The van der Waals surface area contributed by atoms with Crippen LogP contribution in [0.4, 0.5) is 5.69 Å². The van der Waals surface area contributed by atoms with Gasteiger partial charge in [-0.15, -0.1) is 0 Å². The molecule has 6 nitrogen and oxygen atoms in total. The molecule has 0 amide bonds. The monoisotopic (exact) mass is 329 g/mol. The van der Waals surface area contributed by atoms with Gasteiger partial charge in [-0.05, 0) is 12.1 Å². The highest BCUT2D eigenvalue weighted by molar-refractivity contribution is 9.10. The Morgan fingerprint density at radius 2 is 2.11 bits per heavy atom. The van der Waals surface area contributed by atoms with Crippen LogP contribution in [0.3, 0.4) is 0 Å². The predicted molar refractivity (Wildman–Crippen MR) is 70.9 cm³/mol. The SMILES string of the molecule is COC(=O)CC(C)C(=O)c1ccc(Br)cc1[N+](=O)[O-]. The number of halogens is 1. The third kappa shape index (κ3) is 3.85. The average Bonchev–Trinajstić information content (AvgIpc) is 2.37. The van der Waals surface area contributed by atoms with Crippen LogP contribution in [0.5, 0.6) is 0 Å². The average molecular weight is 330 g/mol. The van der Waals surface area contributed by atoms with Gasteiger partial charge in [-0.25, -0.2) is 0 Å². The number of hydrogen-bond acceptors (Lipinski definition) is 5. The van der Waals surface area contributed by atoms with E-state index in [1.54, 1.807) is 6.07 Å². The van der Waals surface area contributed by atoms with E-state index >= 15 is 0 Å². The Bertz CT molecular complexity index is 529. The van der Waals surface area contributed by atoms with Crippen LogP contribution in [-0.4, -0.2) is 23.8 Å². The summed E-state index contributed by atoms with van der Waals surface area (Å²) in [4.78, 5) is 33.5. The summed E-state index contributed by atoms with van der Waals surface area (Å²) < 4.78 is 4.98. The first-order valence-electron chi connectivity index (χ1n) is 5.41. The molecule has 1 rings (SSSR count). The van der Waals surface area contributed by atoms with Crippen molar-refractivity contribution < 1.29 is 19.2 Å². The molecule has 7 heteroatoms. The number of esters is 1. The molecule has 0 aromatic heterocycles. The van der Waals surface area contributed by atoms with Gasteiger partial charge in [0.15, 0.2) is 5.78 Å². The summed E-state index contributed by atoms with van der Waals surface area (Å²) in [5.41, 5.74) is -0.291. The Kier molecular flexibility index (Phi) is 5.17. The van der Waals surface area contributed by atoms with Gasteiger partial charge in [0.25, 0.3) is 5.69 Å². The summed E-state index contributed by atoms with van der Waals surface area (Å²) in [6.45, 7) is 1.53. The Morgan fingerprint density at radius 3 is 2.63 bits per heavy atom. The van der Waals surface area contributed by atoms with E-state index in [0.29, 0.717) is 4.47 Å². The second kappa shape index (κ2) is 6.42. The molecule has 0 heterocycles. The van der Waals surface area contributed by atoms with Gasteiger partial charge in [-0.2, -0.15) is 0 Å². The number of nitro benzene ring substituents is 1. The van der Waals surface area contributed by atoms with E-state index < -0.39 is 22.6 Å². The second-order valence-corrected chi connectivity index (χ2v) is 4.88. The molecule has 1 unspecified atom stereocenters. The summed E-state index contributed by atoms with van der Waals surface area (Å²) in [7, 11) is 1.22. The number of benzene rings is 1. The highest BCUT2D eigenvalue weighted by atomic mass is 79.9. The molecule has 0 fully saturated rings. The maximum absolute atomic E-state index is 12.1. The van der Waals surface area contributed by atoms with Crippen molar-refractivity contribution in [3.8, 4) is 0 Å². The minimum absolute atomic E-state index is 0.00963. The van der Waals surface area contributed by atoms with Gasteiger partial charge in [0.05, 0.1) is 24.0 Å². The molecule has 0 saturated carbocycles. The van der Waals surface area contributed by atoms with Crippen LogP contribution >= 0.6 is 15.9 Å². The number of rotatable bonds is 5. The van der Waals surface area contributed by atoms with Gasteiger partial charge in [-0.3, -0.25) is 19.7 Å². The van der Waals surface area contributed by atoms with Gasteiger partial charge in [0, 0.05) is 16.5 Å². The third-order valence-electron chi connectivity index (χ3n) is 2.57. The molecule has 1 atom stereocenters. The lowest BCUT2D eigenvalue weighted by Crippen LogP contribution is -2.17. The van der Waals surface area contributed by atoms with Crippen LogP contribution in [0.15, 0.2) is 22.7 Å². The smallest absolute Gasteiger partial charge is 0.306 e. The number of carbonyl (C=O) groups excluding carboxylic acids is 2. The van der Waals surface area contributed by atoms with Crippen molar-refractivity contribution in [2.45, 2.75) is 13.3 Å². The molecule has 0 aliphatic rings. The minimum atomic E-state index is -0.674. The zero-order valence-corrected chi connectivity index (χ0v) is 12.0. The fraction of sp³-hybridized carbons (Fsp3) is 0.333. The first kappa shape index (κ1) is 15.3. The van der Waals surface area contributed by atoms with E-state index in [1.165, 1.54) is 26.2 Å². The van der Waals surface area contributed by atoms with E-state index in [4.69, 9.17) is 0 Å². The molecule has 19 heavy (non-hydrogen) atoms. The maximum Gasteiger partial charge on any atom is 0.306 e. The quantitative estimate of drug-likeness (QED) is 0.359. The predicted octanol–water partition coefficient (Wildman–Crippen LogP) is 2.74. The summed E-state index contributed by atoms with van der Waals surface area (Å²) in [5, 5.41) is 10.9. The van der Waals surface area contributed by atoms with Crippen LogP contribution in [0.25, 0.3) is 0 Å². The zero-order valence-electron chi connectivity index (χ0n) is 10.4. The Balaban J connectivity index is 3.05. The van der Waals surface area contributed by atoms with Crippen LogP contribution in [0.1, 0.15) is 23.7 Å². The van der Waals surface area contributed by atoms with Crippen molar-refractivity contribution in [2.24, 2.45) is 5.92 Å². The van der Waals surface area contributed by atoms with Crippen LogP contribution in [0, 0.1) is 16.0 Å². The largest absolute Gasteiger partial charge is 0.469 e. The molecular formula is C12H12BrNO5. The molecule has 0 radical (unpaired) electrons. The Labute approximate surface area is 118 Å². The number of ketones is 1. The van der Waals surface area contributed by atoms with Gasteiger partial charge in [0.2, 0.25) is 0 Å². The standard InChI is InChI=1S/C12H12BrNO5/c1-7(5-11(15)19-2)12(16)9-4-3-8(13)6-10(9)14(17)18/h3-4,6-7H,5H2,1-2H3. The van der Waals surface area contributed by atoms with Crippen molar-refractivity contribution in [2.75, 3.05) is 7.11 Å². The molecule has 1 aromatic carbocycles. The van der Waals surface area contributed by atoms with Crippen molar-refractivity contribution in [3.05, 3.63) is 38.3 Å². The topological polar surface area (TPSA) is 86.5 Å². The van der Waals surface area contributed by atoms with Crippen molar-refractivity contribution in [3.63, 3.8) is 0 Å². The number of Topliss-reactive ketones (excluding diaryl/α,β-unsaturated/α-hetero) is 1. The fourth-order valence-corrected chi connectivity index (χ4v) is 1.90. The summed E-state index contributed by atoms with van der Waals surface area (Å²) in [5.74, 6) is -1.66. The van der Waals surface area contributed by atoms with Crippen molar-refractivity contribution >= 4 is 33.4 Å². The lowest BCUT2D eigenvalue weighted by Gasteiger charge is -2.09. The highest BCUT2D eigenvalue weighted by Gasteiger charge is 2.26. The number of methoxy groups -OCH3 is 1. The van der Waals surface area contributed by atoms with E-state index in [2.05, 4.69) is 20.7 Å². The molecule has 0 bridgehead atoms. The number of nitro groups is 1. The number of ether oxygens (including phenoxy) is 1. The molecule has 0 spiro atoms. The molecule has 0 saturated heterocycles. The van der Waals surface area contributed by atoms with Gasteiger partial charge >= 0.3 is 5.97 Å². The first-order chi connectivity index (χ1) is 8.86. The Morgan fingerprint density at radius 1 is 1.47 bits per heavy atom. The molecular weight excluding hydrogens is 318 g/mol. The third-order valence-corrected chi connectivity index (χ3v) is 3.06. The van der Waals surface area contributed by atoms with Gasteiger partial charge < -0.3 is 4.74 Å². The summed E-state index contributed by atoms with van der Waals surface area (Å²) >= 11 is 3.11. The minimum Gasteiger partial charge on any atom is -0.469 e. The molecule has 0 aliphatic heterocycles. The van der Waals surface area contributed by atoms with Crippen LogP contribution < -0.4 is 0 Å². The van der Waals surface area contributed by atoms with E-state index in [9.17, 15) is 19.7 Å². The first-order valence-corrected chi connectivity index (χ1v) is 6.21. The number of hydrogen-bond donors (Lipinski definition) is 0. The van der Waals surface area contributed by atoms with Crippen molar-refractivity contribution in [1.29, 1.82) is 0 Å². The lowest BCUT2D eigenvalue weighted by molar-refractivity contribution is -0.385. The number of carbonyl (C=O) groups is 2. The molecule has 0 aliphatic carbocycles. The molecule has 0 N–H and O–H groups in total. The molecule has 1 aromatic rings. The van der Waals surface area contributed by atoms with E-state index in [0.717, 1.165) is 0 Å². The fourth-order valence-electron chi connectivity index (χ4n) is 1.56. The zero-order chi connectivity index (χ0) is 14.6. The second-order valence-electron chi connectivity index (χ2n) is 3.96. The van der Waals surface area contributed by atoms with Crippen molar-refractivity contribution in [1.82, 2.24) is 0 Å². The summed E-state index contributed by atoms with van der Waals surface area (Å²) in [6.07, 6.45) is -0.109. The maximum atomic E-state index is 12.1. The van der Waals surface area contributed by atoms with E-state index in [1.807, 2.05) is 0 Å². The normalized spacial score (nSPS) is 11.7. The van der Waals surface area contributed by atoms with Crippen LogP contribution in [0.2, 0.25) is 0 Å². The van der Waals surface area contributed by atoms with Crippen LogP contribution in [-0.2, 0) is 9.53 Å². The van der Waals surface area contributed by atoms with Gasteiger partial charge in [0.1, 0.15) is 0 Å². The highest BCUT2D eigenvalue weighted by Crippen LogP contribution is 2.26. The Hall–Kier alpha value is -1.76. The molecule has 102 valence electrons.